The van der Waals surface area contributed by atoms with Crippen LogP contribution in [0.15, 0.2) is 59.8 Å². The summed E-state index contributed by atoms with van der Waals surface area (Å²) in [5.41, 5.74) is 2.38. The molecule has 0 radical (unpaired) electrons. The van der Waals surface area contributed by atoms with E-state index in [1.807, 2.05) is 24.3 Å². The van der Waals surface area contributed by atoms with E-state index in [-0.39, 0.29) is 18.6 Å². The average Bonchev–Trinajstić information content (AvgIpc) is 3.09. The summed E-state index contributed by atoms with van der Waals surface area (Å²) in [5, 5.41) is 5.51. The zero-order chi connectivity index (χ0) is 17.4. The van der Waals surface area contributed by atoms with Crippen molar-refractivity contribution in [3.63, 3.8) is 0 Å². The van der Waals surface area contributed by atoms with Crippen molar-refractivity contribution in [3.8, 4) is 11.5 Å². The fraction of sp³-hybridized carbons (Fsp3) is 0.158. The SMILES string of the molecule is CC1=C(C(=O)c2ccccc2)[C@@H](c2ccc3c(c2)OCO3)NC(=O)N1. The quantitative estimate of drug-likeness (QED) is 0.845. The standard InChI is InChI=1S/C19H16N2O4/c1-11-16(18(22)12-5-3-2-4-6-12)17(21-19(23)20-11)13-7-8-14-15(9-13)25-10-24-14/h2-9,17H,10H2,1H3,(H2,20,21,23)/t17-/m1/s1. The summed E-state index contributed by atoms with van der Waals surface area (Å²) in [4.78, 5) is 25.0. The van der Waals surface area contributed by atoms with Gasteiger partial charge in [-0.3, -0.25) is 4.79 Å². The highest BCUT2D eigenvalue weighted by Gasteiger charge is 2.32. The fourth-order valence-corrected chi connectivity index (χ4v) is 3.08. The van der Waals surface area contributed by atoms with Crippen LogP contribution in [0.5, 0.6) is 11.5 Å². The van der Waals surface area contributed by atoms with E-state index < -0.39 is 6.04 Å². The van der Waals surface area contributed by atoms with Crippen LogP contribution in [-0.4, -0.2) is 18.6 Å². The van der Waals surface area contributed by atoms with E-state index >= 15 is 0 Å². The van der Waals surface area contributed by atoms with Crippen molar-refractivity contribution in [2.45, 2.75) is 13.0 Å². The van der Waals surface area contributed by atoms with Gasteiger partial charge in [0, 0.05) is 16.8 Å². The smallest absolute Gasteiger partial charge is 0.319 e. The van der Waals surface area contributed by atoms with Crippen molar-refractivity contribution < 1.29 is 19.1 Å². The number of allylic oxidation sites excluding steroid dienone is 1. The highest BCUT2D eigenvalue weighted by Crippen LogP contribution is 2.37. The molecule has 2 aliphatic heterocycles. The van der Waals surface area contributed by atoms with Crippen LogP contribution in [0, 0.1) is 0 Å². The Morgan fingerprint density at radius 1 is 1.08 bits per heavy atom. The van der Waals surface area contributed by atoms with Crippen molar-refractivity contribution in [1.82, 2.24) is 10.6 Å². The Bertz CT molecular complexity index is 890. The van der Waals surface area contributed by atoms with Crippen molar-refractivity contribution in [2.24, 2.45) is 0 Å². The molecule has 6 heteroatoms. The highest BCUT2D eigenvalue weighted by molar-refractivity contribution is 6.11. The molecule has 126 valence electrons. The molecule has 2 N–H and O–H groups in total. The van der Waals surface area contributed by atoms with Crippen LogP contribution in [0.25, 0.3) is 0 Å². The Morgan fingerprint density at radius 2 is 1.84 bits per heavy atom. The molecule has 0 saturated carbocycles. The second-order valence-corrected chi connectivity index (χ2v) is 5.88. The first-order valence-electron chi connectivity index (χ1n) is 7.91. The maximum absolute atomic E-state index is 13.0. The number of ether oxygens (including phenoxy) is 2. The van der Waals surface area contributed by atoms with Crippen molar-refractivity contribution >= 4 is 11.8 Å². The normalized spacial score (nSPS) is 18.6. The van der Waals surface area contributed by atoms with Gasteiger partial charge >= 0.3 is 6.03 Å². The molecule has 25 heavy (non-hydrogen) atoms. The molecule has 0 bridgehead atoms. The van der Waals surface area contributed by atoms with E-state index in [9.17, 15) is 9.59 Å². The number of hydrogen-bond donors (Lipinski definition) is 2. The first-order valence-corrected chi connectivity index (χ1v) is 7.91. The monoisotopic (exact) mass is 336 g/mol. The first kappa shape index (κ1) is 15.3. The van der Waals surface area contributed by atoms with Crippen LogP contribution in [-0.2, 0) is 0 Å². The van der Waals surface area contributed by atoms with Crippen molar-refractivity contribution in [1.29, 1.82) is 0 Å². The average molecular weight is 336 g/mol. The molecule has 2 aliphatic rings. The lowest BCUT2D eigenvalue weighted by Crippen LogP contribution is -2.45. The third-order valence-electron chi connectivity index (χ3n) is 4.28. The van der Waals surface area contributed by atoms with Gasteiger partial charge in [0.15, 0.2) is 17.3 Å². The summed E-state index contributed by atoms with van der Waals surface area (Å²) in [5.74, 6) is 1.13. The molecule has 0 unspecified atom stereocenters. The maximum atomic E-state index is 13.0. The zero-order valence-electron chi connectivity index (χ0n) is 13.5. The van der Waals surface area contributed by atoms with E-state index in [0.29, 0.717) is 28.3 Å². The molecule has 6 nitrogen and oxygen atoms in total. The van der Waals surface area contributed by atoms with Crippen LogP contribution < -0.4 is 20.1 Å². The number of rotatable bonds is 3. The molecular weight excluding hydrogens is 320 g/mol. The van der Waals surface area contributed by atoms with Crippen molar-refractivity contribution in [3.05, 3.63) is 70.9 Å². The van der Waals surface area contributed by atoms with Gasteiger partial charge in [-0.25, -0.2) is 4.79 Å². The van der Waals surface area contributed by atoms with Gasteiger partial charge in [0.05, 0.1) is 6.04 Å². The molecule has 2 aromatic rings. The number of fused-ring (bicyclic) bond motifs is 1. The van der Waals surface area contributed by atoms with E-state index in [1.54, 1.807) is 31.2 Å². The number of benzene rings is 2. The molecule has 0 saturated heterocycles. The minimum atomic E-state index is -0.559. The Morgan fingerprint density at radius 3 is 2.64 bits per heavy atom. The third-order valence-corrected chi connectivity index (χ3v) is 4.28. The number of hydrogen-bond acceptors (Lipinski definition) is 4. The van der Waals surface area contributed by atoms with Gasteiger partial charge in [0.1, 0.15) is 0 Å². The van der Waals surface area contributed by atoms with Gasteiger partial charge in [0.2, 0.25) is 6.79 Å². The Balaban J connectivity index is 1.78. The van der Waals surface area contributed by atoms with Crippen LogP contribution in [0.3, 0.4) is 0 Å². The lowest BCUT2D eigenvalue weighted by atomic mass is 9.89. The highest BCUT2D eigenvalue weighted by atomic mass is 16.7. The number of carbonyl (C=O) groups is 2. The van der Waals surface area contributed by atoms with Crippen LogP contribution in [0.4, 0.5) is 4.79 Å². The summed E-state index contributed by atoms with van der Waals surface area (Å²) in [6.45, 7) is 1.90. The summed E-state index contributed by atoms with van der Waals surface area (Å²) in [6, 6.07) is 13.5. The molecule has 1 atom stereocenters. The topological polar surface area (TPSA) is 76.7 Å². The second kappa shape index (κ2) is 5.98. The van der Waals surface area contributed by atoms with E-state index in [4.69, 9.17) is 9.47 Å². The van der Waals surface area contributed by atoms with Gasteiger partial charge in [0.25, 0.3) is 0 Å². The van der Waals surface area contributed by atoms with Gasteiger partial charge in [-0.1, -0.05) is 36.4 Å². The Kier molecular flexibility index (Phi) is 3.65. The fourth-order valence-electron chi connectivity index (χ4n) is 3.08. The number of Topliss-reactive ketones (excluding diaryl/α,β-unsaturated/α-hetero) is 1. The van der Waals surface area contributed by atoms with Gasteiger partial charge in [-0.2, -0.15) is 0 Å². The number of carbonyl (C=O) groups excluding carboxylic acids is 2. The van der Waals surface area contributed by atoms with E-state index in [1.165, 1.54) is 0 Å². The molecule has 2 aromatic carbocycles. The molecular formula is C19H16N2O4. The Hall–Kier alpha value is -3.28. The second-order valence-electron chi connectivity index (χ2n) is 5.88. The molecule has 2 heterocycles. The molecule has 0 aliphatic carbocycles. The molecule has 2 amide bonds. The number of amides is 2. The molecule has 4 rings (SSSR count). The van der Waals surface area contributed by atoms with Gasteiger partial charge < -0.3 is 20.1 Å². The lowest BCUT2D eigenvalue weighted by Gasteiger charge is -2.28. The summed E-state index contributed by atoms with van der Waals surface area (Å²) < 4.78 is 10.7. The zero-order valence-corrected chi connectivity index (χ0v) is 13.5. The summed E-state index contributed by atoms with van der Waals surface area (Å²) in [6.07, 6.45) is 0. The number of ketones is 1. The third kappa shape index (κ3) is 2.71. The minimum absolute atomic E-state index is 0.131. The first-order chi connectivity index (χ1) is 12.1. The molecule has 0 aromatic heterocycles. The van der Waals surface area contributed by atoms with E-state index in [2.05, 4.69) is 10.6 Å². The van der Waals surface area contributed by atoms with E-state index in [0.717, 1.165) is 5.56 Å². The Labute approximate surface area is 144 Å². The van der Waals surface area contributed by atoms with Gasteiger partial charge in [-0.05, 0) is 24.6 Å². The van der Waals surface area contributed by atoms with Crippen LogP contribution in [0.2, 0.25) is 0 Å². The largest absolute Gasteiger partial charge is 0.454 e. The predicted molar refractivity (Wildman–Crippen MR) is 90.4 cm³/mol. The minimum Gasteiger partial charge on any atom is -0.454 e. The van der Waals surface area contributed by atoms with Crippen LogP contribution in [0.1, 0.15) is 28.9 Å². The lowest BCUT2D eigenvalue weighted by molar-refractivity contribution is 0.102. The number of urea groups is 1. The molecule has 0 spiro atoms. The predicted octanol–water partition coefficient (Wildman–Crippen LogP) is 2.93. The van der Waals surface area contributed by atoms with Gasteiger partial charge in [-0.15, -0.1) is 0 Å². The summed E-state index contributed by atoms with van der Waals surface area (Å²) >= 11 is 0. The number of nitrogens with one attached hydrogen (secondary N) is 2. The summed E-state index contributed by atoms with van der Waals surface area (Å²) in [7, 11) is 0. The molecule has 0 fully saturated rings. The van der Waals surface area contributed by atoms with Crippen LogP contribution >= 0.6 is 0 Å². The maximum Gasteiger partial charge on any atom is 0.319 e. The van der Waals surface area contributed by atoms with Crippen molar-refractivity contribution in [2.75, 3.05) is 6.79 Å².